The summed E-state index contributed by atoms with van der Waals surface area (Å²) in [5.41, 5.74) is 4.95. The van der Waals surface area contributed by atoms with E-state index in [4.69, 9.17) is 10.6 Å². The average Bonchev–Trinajstić information content (AvgIpc) is 2.48. The molecular weight excluding hydrogens is 260 g/mol. The second-order valence-electron chi connectivity index (χ2n) is 7.45. The van der Waals surface area contributed by atoms with Gasteiger partial charge in [0.15, 0.2) is 0 Å². The maximum atomic E-state index is 5.96. The van der Waals surface area contributed by atoms with Crippen molar-refractivity contribution in [3.05, 3.63) is 35.9 Å². The van der Waals surface area contributed by atoms with E-state index < -0.39 is 0 Å². The van der Waals surface area contributed by atoms with Gasteiger partial charge in [0.25, 0.3) is 0 Å². The number of hydrogen-bond donors (Lipinski definition) is 2. The highest BCUT2D eigenvalue weighted by Crippen LogP contribution is 2.40. The Balaban J connectivity index is 2.25. The Morgan fingerprint density at radius 3 is 2.33 bits per heavy atom. The van der Waals surface area contributed by atoms with Crippen LogP contribution in [-0.2, 0) is 10.2 Å². The quantitative estimate of drug-likeness (QED) is 0.645. The zero-order valence-electron chi connectivity index (χ0n) is 13.7. The van der Waals surface area contributed by atoms with Gasteiger partial charge in [0.2, 0.25) is 0 Å². The highest BCUT2D eigenvalue weighted by atomic mass is 16.5. The van der Waals surface area contributed by atoms with Crippen LogP contribution < -0.4 is 11.3 Å². The molecule has 118 valence electrons. The van der Waals surface area contributed by atoms with E-state index in [1.165, 1.54) is 5.56 Å². The van der Waals surface area contributed by atoms with Crippen LogP contribution in [0.15, 0.2) is 30.3 Å². The molecule has 1 aliphatic heterocycles. The number of nitrogens with one attached hydrogen (secondary N) is 1. The zero-order chi connectivity index (χ0) is 15.3. The molecule has 0 saturated carbocycles. The lowest BCUT2D eigenvalue weighted by atomic mass is 9.67. The number of rotatable bonds is 5. The molecule has 1 saturated heterocycles. The van der Waals surface area contributed by atoms with E-state index in [0.29, 0.717) is 11.5 Å². The van der Waals surface area contributed by atoms with Crippen LogP contribution in [0.2, 0.25) is 0 Å². The van der Waals surface area contributed by atoms with Crippen LogP contribution in [0.25, 0.3) is 0 Å². The number of benzene rings is 1. The first-order chi connectivity index (χ1) is 9.98. The number of ether oxygens (including phenoxy) is 1. The summed E-state index contributed by atoms with van der Waals surface area (Å²) in [7, 11) is 0. The van der Waals surface area contributed by atoms with Crippen LogP contribution >= 0.6 is 0 Å². The fourth-order valence-corrected chi connectivity index (χ4v) is 3.44. The Kier molecular flexibility index (Phi) is 5.42. The number of hydrogen-bond acceptors (Lipinski definition) is 3. The van der Waals surface area contributed by atoms with Gasteiger partial charge in [0.05, 0.1) is 0 Å². The molecule has 0 amide bonds. The summed E-state index contributed by atoms with van der Waals surface area (Å²) < 4.78 is 5.62. The second-order valence-corrected chi connectivity index (χ2v) is 7.45. The average molecular weight is 290 g/mol. The molecule has 0 spiro atoms. The summed E-state index contributed by atoms with van der Waals surface area (Å²) in [6, 6.07) is 11.1. The van der Waals surface area contributed by atoms with Gasteiger partial charge in [0.1, 0.15) is 0 Å². The molecule has 3 heteroatoms. The van der Waals surface area contributed by atoms with Crippen molar-refractivity contribution < 1.29 is 4.74 Å². The first-order valence-electron chi connectivity index (χ1n) is 8.07. The Hall–Kier alpha value is -0.900. The van der Waals surface area contributed by atoms with Crippen LogP contribution in [0.5, 0.6) is 0 Å². The van der Waals surface area contributed by atoms with E-state index in [1.807, 2.05) is 0 Å². The van der Waals surface area contributed by atoms with Gasteiger partial charge in [-0.15, -0.1) is 0 Å². The predicted octanol–water partition coefficient (Wildman–Crippen LogP) is 3.39. The Bertz CT molecular complexity index is 419. The van der Waals surface area contributed by atoms with Crippen molar-refractivity contribution in [3.63, 3.8) is 0 Å². The molecule has 21 heavy (non-hydrogen) atoms. The molecule has 1 aromatic carbocycles. The highest BCUT2D eigenvalue weighted by Gasteiger charge is 2.41. The molecule has 3 N–H and O–H groups in total. The van der Waals surface area contributed by atoms with Gasteiger partial charge in [-0.2, -0.15) is 0 Å². The van der Waals surface area contributed by atoms with Crippen molar-refractivity contribution in [3.8, 4) is 0 Å². The third kappa shape index (κ3) is 4.06. The molecule has 1 heterocycles. The maximum absolute atomic E-state index is 5.96. The van der Waals surface area contributed by atoms with Gasteiger partial charge in [-0.3, -0.25) is 11.3 Å². The smallest absolute Gasteiger partial charge is 0.0475 e. The molecule has 0 aliphatic carbocycles. The molecule has 1 atom stereocenters. The Morgan fingerprint density at radius 1 is 1.19 bits per heavy atom. The zero-order valence-corrected chi connectivity index (χ0v) is 13.7. The molecule has 2 rings (SSSR count). The largest absolute Gasteiger partial charge is 0.381 e. The topological polar surface area (TPSA) is 47.3 Å². The van der Waals surface area contributed by atoms with Gasteiger partial charge < -0.3 is 4.74 Å². The SMILES string of the molecule is CC(C)(C)CCC(NN)C1(c2ccccc2)CCOCC1. The molecule has 3 nitrogen and oxygen atoms in total. The van der Waals surface area contributed by atoms with E-state index in [2.05, 4.69) is 56.5 Å². The van der Waals surface area contributed by atoms with Crippen molar-refractivity contribution >= 4 is 0 Å². The molecule has 1 aliphatic rings. The van der Waals surface area contributed by atoms with Crippen LogP contribution in [-0.4, -0.2) is 19.3 Å². The summed E-state index contributed by atoms with van der Waals surface area (Å²) in [4.78, 5) is 0. The summed E-state index contributed by atoms with van der Waals surface area (Å²) in [6.07, 6.45) is 4.33. The monoisotopic (exact) mass is 290 g/mol. The van der Waals surface area contributed by atoms with E-state index in [-0.39, 0.29) is 5.41 Å². The minimum Gasteiger partial charge on any atom is -0.381 e. The Labute approximate surface area is 129 Å². The first kappa shape index (κ1) is 16.5. The van der Waals surface area contributed by atoms with E-state index in [1.54, 1.807) is 0 Å². The third-order valence-electron chi connectivity index (χ3n) is 4.78. The van der Waals surface area contributed by atoms with Crippen molar-refractivity contribution in [1.29, 1.82) is 0 Å². The molecule has 1 aromatic rings. The summed E-state index contributed by atoms with van der Waals surface area (Å²) in [6.45, 7) is 8.52. The lowest BCUT2D eigenvalue weighted by Crippen LogP contribution is -2.54. The summed E-state index contributed by atoms with van der Waals surface area (Å²) in [5, 5.41) is 0. The van der Waals surface area contributed by atoms with Crippen molar-refractivity contribution in [2.45, 2.75) is 57.9 Å². The third-order valence-corrected chi connectivity index (χ3v) is 4.78. The van der Waals surface area contributed by atoms with Crippen molar-refractivity contribution in [1.82, 2.24) is 5.43 Å². The van der Waals surface area contributed by atoms with Gasteiger partial charge in [-0.05, 0) is 36.7 Å². The molecular formula is C18H30N2O. The lowest BCUT2D eigenvalue weighted by molar-refractivity contribution is 0.0312. The standard InChI is InChI=1S/C18H30N2O/c1-17(2,3)10-9-16(20-19)18(11-13-21-14-12-18)15-7-5-4-6-8-15/h4-8,16,20H,9-14,19H2,1-3H3. The second kappa shape index (κ2) is 6.91. The normalized spacial score (nSPS) is 20.2. The molecule has 1 unspecified atom stereocenters. The molecule has 0 radical (unpaired) electrons. The maximum Gasteiger partial charge on any atom is 0.0475 e. The van der Waals surface area contributed by atoms with Crippen LogP contribution in [0.4, 0.5) is 0 Å². The molecule has 0 bridgehead atoms. The van der Waals surface area contributed by atoms with E-state index in [9.17, 15) is 0 Å². The predicted molar refractivity (Wildman–Crippen MR) is 88.0 cm³/mol. The van der Waals surface area contributed by atoms with Gasteiger partial charge in [0, 0.05) is 24.7 Å². The Morgan fingerprint density at radius 2 is 1.81 bits per heavy atom. The van der Waals surface area contributed by atoms with Crippen molar-refractivity contribution in [2.24, 2.45) is 11.3 Å². The van der Waals surface area contributed by atoms with Gasteiger partial charge >= 0.3 is 0 Å². The fourth-order valence-electron chi connectivity index (χ4n) is 3.44. The minimum atomic E-state index is 0.0967. The summed E-state index contributed by atoms with van der Waals surface area (Å²) in [5.74, 6) is 5.96. The minimum absolute atomic E-state index is 0.0967. The van der Waals surface area contributed by atoms with Crippen LogP contribution in [0.1, 0.15) is 52.0 Å². The summed E-state index contributed by atoms with van der Waals surface area (Å²) >= 11 is 0. The number of hydrazine groups is 1. The van der Waals surface area contributed by atoms with Crippen molar-refractivity contribution in [2.75, 3.05) is 13.2 Å². The molecule has 1 fully saturated rings. The molecule has 0 aromatic heterocycles. The highest BCUT2D eigenvalue weighted by molar-refractivity contribution is 5.28. The first-order valence-corrected chi connectivity index (χ1v) is 8.07. The van der Waals surface area contributed by atoms with Crippen LogP contribution in [0, 0.1) is 5.41 Å². The van der Waals surface area contributed by atoms with Gasteiger partial charge in [-0.25, -0.2) is 0 Å². The fraction of sp³-hybridized carbons (Fsp3) is 0.667. The van der Waals surface area contributed by atoms with Gasteiger partial charge in [-0.1, -0.05) is 51.1 Å². The lowest BCUT2D eigenvalue weighted by Gasteiger charge is -2.44. The van der Waals surface area contributed by atoms with E-state index in [0.717, 1.165) is 38.9 Å². The van der Waals surface area contributed by atoms with Crippen LogP contribution in [0.3, 0.4) is 0 Å². The number of nitrogens with two attached hydrogens (primary N) is 1. The van der Waals surface area contributed by atoms with E-state index >= 15 is 0 Å².